The number of nitrogens with one attached hydrogen (secondary N) is 3. The number of aliphatic imine (C=N–C) groups is 2. The molecule has 31 heteroatoms. The maximum absolute atomic E-state index is 12.1. The van der Waals surface area contributed by atoms with Gasteiger partial charge in [0.2, 0.25) is 5.84 Å². The maximum atomic E-state index is 12.1. The Labute approximate surface area is 375 Å². The van der Waals surface area contributed by atoms with Crippen LogP contribution in [0.25, 0.3) is 0 Å². The summed E-state index contributed by atoms with van der Waals surface area (Å²) in [7, 11) is 1.42. The zero-order valence-electron chi connectivity index (χ0n) is 35.7. The van der Waals surface area contributed by atoms with Gasteiger partial charge in [0.05, 0.1) is 43.0 Å². The summed E-state index contributed by atoms with van der Waals surface area (Å²) in [4.78, 5) is 30.4. The first-order valence-electron chi connectivity index (χ1n) is 20.5. The van der Waals surface area contributed by atoms with Gasteiger partial charge >= 0.3 is 5.97 Å². The molecule has 0 aromatic carbocycles. The molecule has 5 aliphatic rings. The number of hydrogen-bond donors (Lipinski definition) is 21. The number of carboxylic acid groups (broad SMARTS) is 1. The number of likely N-dealkylation sites (N-methyl/N-ethyl adjacent to an activating group) is 1. The minimum absolute atomic E-state index is 0.138. The number of carboxylic acids is 1. The normalized spacial score (nSPS) is 47.5. The summed E-state index contributed by atoms with van der Waals surface area (Å²) in [6.45, 7) is 2.21. The average molecular weight is 961 g/mol. The number of aliphatic hydroxyl groups excluding tert-OH is 11. The second-order valence-electron chi connectivity index (χ2n) is 16.5. The number of nitrogens with zero attached hydrogens (tertiary/aromatic N) is 2. The summed E-state index contributed by atoms with van der Waals surface area (Å²) in [5.41, 5.74) is 25.1. The molecule has 3 saturated heterocycles. The van der Waals surface area contributed by atoms with E-state index in [4.69, 9.17) is 67.6 Å². The van der Waals surface area contributed by atoms with E-state index in [1.54, 1.807) is 6.92 Å². The van der Waals surface area contributed by atoms with Crippen LogP contribution < -0.4 is 39.3 Å². The van der Waals surface area contributed by atoms with Crippen LogP contribution in [0.3, 0.4) is 0 Å². The number of guanidine groups is 2. The van der Waals surface area contributed by atoms with Crippen LogP contribution in [0.5, 0.6) is 0 Å². The number of aliphatic carboxylic acids is 1. The van der Waals surface area contributed by atoms with Gasteiger partial charge in [-0.3, -0.25) is 15.2 Å². The SMILES string of the molecule is CN[C@@H]1[C@H](O[C@H]2[C@H](O[C@H]3[C@H](O)[C@@H](O)[C@H](N=C(N)N)[C@@H](O)[C@@H]3NC(=N)N)O[C@@H](C)[C@]2(O)C=O)O[C@@H](CO)[C@H](O)[C@H]1O.C[C@H]1O[C@H](OC2[C@@H](O)[C@@H](O)C(O)[C@H](O)[C@H]2O)[C@@H](N)C[C@@H]1N=C(N)C(=O)O. The fourth-order valence-electron chi connectivity index (χ4n) is 8.15. The molecule has 0 radical (unpaired) electrons. The number of aldehydes is 1. The van der Waals surface area contributed by atoms with Gasteiger partial charge in [0.15, 0.2) is 42.7 Å². The number of carbonyl (C=O) groups is 2. The Kier molecular flexibility index (Phi) is 18.8. The van der Waals surface area contributed by atoms with E-state index in [1.807, 2.05) is 0 Å². The molecule has 0 amide bonds. The lowest BCUT2D eigenvalue weighted by molar-refractivity contribution is -0.314. The topological polar surface area (TPSA) is 555 Å². The Balaban J connectivity index is 0.000000316. The van der Waals surface area contributed by atoms with Crippen molar-refractivity contribution >= 4 is 30.0 Å². The molecule has 0 aromatic rings. The molecule has 66 heavy (non-hydrogen) atoms. The van der Waals surface area contributed by atoms with Gasteiger partial charge in [0.1, 0.15) is 91.5 Å². The van der Waals surface area contributed by atoms with E-state index >= 15 is 0 Å². The molecular formula is C35H64N10O21. The highest BCUT2D eigenvalue weighted by Crippen LogP contribution is 2.38. The standard InChI is InChI=1S/C21H39N7O12.C14H25N3O9/c1-5-21(36,4-30)16(40-17-9(26-2)13(34)10(31)6(3-29)38-17)18(37-5)39-15-8(28-20(24)25)11(32)7(27-19(22)23)12(33)14(15)35;1-3-5(17-12(16)13(23)24)2-4(15)14(25-3)26-11-9(21)7(19)6(18)8(20)10(11)22/h4-18,26,29,31-36H,3H2,1-2H3,(H4,22,23,27)(H4,24,25,28);3-11,14,18-22H,2,15H2,1H3,(H2,16,17)(H,23,24)/t5-,6-,7+,8-,9-,10-,11+,12-,13-,14+,15+,16-,17-,18-,21+;3-,4+,5+,6?,7+,8+,9-,10+,11?,14-/m01/s1. The van der Waals surface area contributed by atoms with Gasteiger partial charge < -0.3 is 134 Å². The van der Waals surface area contributed by atoms with Gasteiger partial charge in [0, 0.05) is 0 Å². The smallest absolute Gasteiger partial charge is 0.370 e. The Bertz CT molecular complexity index is 1690. The van der Waals surface area contributed by atoms with Crippen molar-refractivity contribution in [3.8, 4) is 0 Å². The predicted molar refractivity (Wildman–Crippen MR) is 217 cm³/mol. The first-order chi connectivity index (χ1) is 30.7. The molecule has 2 aliphatic carbocycles. The van der Waals surface area contributed by atoms with Gasteiger partial charge in [-0.05, 0) is 27.3 Å². The van der Waals surface area contributed by atoms with Gasteiger partial charge in [-0.15, -0.1) is 0 Å². The molecule has 3 heterocycles. The first kappa shape index (κ1) is 55.0. The molecule has 26 N–H and O–H groups in total. The fourth-order valence-corrected chi connectivity index (χ4v) is 8.15. The number of carbonyl (C=O) groups excluding carboxylic acids is 1. The monoisotopic (exact) mass is 960 g/mol. The van der Waals surface area contributed by atoms with Crippen LogP contribution >= 0.6 is 0 Å². The molecule has 380 valence electrons. The molecule has 25 atom stereocenters. The quantitative estimate of drug-likeness (QED) is 0.0490. The minimum atomic E-state index is -2.39. The van der Waals surface area contributed by atoms with E-state index in [0.29, 0.717) is 0 Å². The lowest BCUT2D eigenvalue weighted by Gasteiger charge is -2.46. The maximum Gasteiger partial charge on any atom is 0.370 e. The Hall–Kier alpha value is -3.65. The van der Waals surface area contributed by atoms with Crippen molar-refractivity contribution < 1.29 is 104 Å². The summed E-state index contributed by atoms with van der Waals surface area (Å²) in [5, 5.41) is 144. The molecule has 2 unspecified atom stereocenters. The lowest BCUT2D eigenvalue weighted by Crippen LogP contribution is -2.70. The van der Waals surface area contributed by atoms with Crippen LogP contribution in [0, 0.1) is 5.41 Å². The number of nitrogens with two attached hydrogens (primary N) is 5. The third-order valence-electron chi connectivity index (χ3n) is 12.0. The van der Waals surface area contributed by atoms with Crippen molar-refractivity contribution in [1.29, 1.82) is 5.41 Å². The van der Waals surface area contributed by atoms with Crippen LogP contribution in [0.1, 0.15) is 20.3 Å². The number of aliphatic hydroxyl groups is 12. The van der Waals surface area contributed by atoms with E-state index in [2.05, 4.69) is 20.6 Å². The lowest BCUT2D eigenvalue weighted by atomic mass is 9.81. The van der Waals surface area contributed by atoms with Crippen LogP contribution in [-0.2, 0) is 38.0 Å². The van der Waals surface area contributed by atoms with E-state index in [9.17, 15) is 70.9 Å². The van der Waals surface area contributed by atoms with Crippen molar-refractivity contribution in [3.05, 3.63) is 0 Å². The molecule has 0 bridgehead atoms. The van der Waals surface area contributed by atoms with E-state index in [-0.39, 0.29) is 12.7 Å². The van der Waals surface area contributed by atoms with Crippen LogP contribution in [0.4, 0.5) is 0 Å². The highest BCUT2D eigenvalue weighted by atomic mass is 16.8. The first-order valence-corrected chi connectivity index (χ1v) is 20.5. The molecule has 2 saturated carbocycles. The predicted octanol–water partition coefficient (Wildman–Crippen LogP) is -12.5. The van der Waals surface area contributed by atoms with Gasteiger partial charge in [-0.1, -0.05) is 0 Å². The summed E-state index contributed by atoms with van der Waals surface area (Å²) < 4.78 is 33.9. The van der Waals surface area contributed by atoms with E-state index in [0.717, 1.165) is 0 Å². The minimum Gasteiger partial charge on any atom is -0.475 e. The van der Waals surface area contributed by atoms with Crippen LogP contribution in [-0.4, -0.2) is 262 Å². The Morgan fingerprint density at radius 1 is 0.758 bits per heavy atom. The zero-order valence-corrected chi connectivity index (χ0v) is 35.7. The van der Waals surface area contributed by atoms with Crippen LogP contribution in [0.15, 0.2) is 9.98 Å². The van der Waals surface area contributed by atoms with Crippen molar-refractivity contribution in [2.24, 2.45) is 38.7 Å². The second-order valence-corrected chi connectivity index (χ2v) is 16.5. The van der Waals surface area contributed by atoms with Crippen molar-refractivity contribution in [3.63, 3.8) is 0 Å². The highest BCUT2D eigenvalue weighted by molar-refractivity contribution is 6.33. The van der Waals surface area contributed by atoms with E-state index < -0.39 is 183 Å². The number of rotatable bonds is 12. The summed E-state index contributed by atoms with van der Waals surface area (Å²) in [6, 6.07) is -5.47. The van der Waals surface area contributed by atoms with Gasteiger partial charge in [-0.25, -0.2) is 9.79 Å². The molecule has 5 fully saturated rings. The molecule has 31 nitrogen and oxygen atoms in total. The molecular weight excluding hydrogens is 896 g/mol. The molecule has 5 rings (SSSR count). The second kappa shape index (κ2) is 22.6. The number of amidine groups is 1. The summed E-state index contributed by atoms with van der Waals surface area (Å²) in [5.74, 6) is -3.12. The van der Waals surface area contributed by atoms with Crippen molar-refractivity contribution in [2.45, 2.75) is 173 Å². The number of hydrogen-bond acceptors (Lipinski definition) is 25. The van der Waals surface area contributed by atoms with Gasteiger partial charge in [0.25, 0.3) is 0 Å². The zero-order chi connectivity index (χ0) is 49.9. The molecule has 0 spiro atoms. The Morgan fingerprint density at radius 3 is 1.83 bits per heavy atom. The number of ether oxygens (including phenoxy) is 6. The summed E-state index contributed by atoms with van der Waals surface area (Å²) in [6.07, 6.45) is -29.0. The van der Waals surface area contributed by atoms with Gasteiger partial charge in [-0.2, -0.15) is 0 Å². The Morgan fingerprint density at radius 2 is 1.32 bits per heavy atom. The van der Waals surface area contributed by atoms with Crippen molar-refractivity contribution in [1.82, 2.24) is 10.6 Å². The highest BCUT2D eigenvalue weighted by Gasteiger charge is 2.61. The summed E-state index contributed by atoms with van der Waals surface area (Å²) >= 11 is 0. The molecule has 0 aromatic heterocycles. The largest absolute Gasteiger partial charge is 0.475 e. The van der Waals surface area contributed by atoms with E-state index in [1.165, 1.54) is 14.0 Å². The van der Waals surface area contributed by atoms with Crippen molar-refractivity contribution in [2.75, 3.05) is 13.7 Å². The van der Waals surface area contributed by atoms with Crippen LogP contribution in [0.2, 0.25) is 0 Å². The third-order valence-corrected chi connectivity index (χ3v) is 12.0. The third kappa shape index (κ3) is 11.6. The average Bonchev–Trinajstić information content (AvgIpc) is 3.49. The molecule has 3 aliphatic heterocycles. The fraction of sp³-hybridized carbons (Fsp3) is 0.857.